The summed E-state index contributed by atoms with van der Waals surface area (Å²) in [7, 11) is 2.21. The molecule has 0 aliphatic carbocycles. The lowest BCUT2D eigenvalue weighted by Gasteiger charge is -2.29. The zero-order valence-corrected chi connectivity index (χ0v) is 5.75. The molecule has 2 aliphatic heterocycles. The molecule has 0 saturated carbocycles. The van der Waals surface area contributed by atoms with Crippen LogP contribution in [0.3, 0.4) is 0 Å². The molecule has 0 aromatic heterocycles. The van der Waals surface area contributed by atoms with E-state index in [9.17, 15) is 0 Å². The highest BCUT2D eigenvalue weighted by Crippen LogP contribution is 2.31. The predicted molar refractivity (Wildman–Crippen MR) is 37.5 cm³/mol. The van der Waals surface area contributed by atoms with Gasteiger partial charge in [0, 0.05) is 12.1 Å². The van der Waals surface area contributed by atoms with Gasteiger partial charge in [-0.05, 0) is 39.2 Å². The summed E-state index contributed by atoms with van der Waals surface area (Å²) in [6, 6.07) is 1.50. The second-order valence-electron chi connectivity index (χ2n) is 2.95. The lowest BCUT2D eigenvalue weighted by molar-refractivity contribution is 0.272. The fourth-order valence-corrected chi connectivity index (χ4v) is 1.78. The molecule has 2 aliphatic rings. The van der Waals surface area contributed by atoms with Crippen molar-refractivity contribution in [3.05, 3.63) is 19.3 Å². The van der Waals surface area contributed by atoms with Crippen molar-refractivity contribution in [2.75, 3.05) is 7.05 Å². The molecule has 0 aromatic rings. The van der Waals surface area contributed by atoms with Crippen LogP contribution in [-0.2, 0) is 0 Å². The summed E-state index contributed by atoms with van der Waals surface area (Å²) in [5.41, 5.74) is 0. The third kappa shape index (κ3) is 0.787. The molecule has 3 radical (unpaired) electrons. The Morgan fingerprint density at radius 3 is 2.22 bits per heavy atom. The Bertz CT molecular complexity index is 95.1. The van der Waals surface area contributed by atoms with E-state index in [4.69, 9.17) is 0 Å². The van der Waals surface area contributed by atoms with Gasteiger partial charge < -0.3 is 0 Å². The van der Waals surface area contributed by atoms with Crippen LogP contribution in [-0.4, -0.2) is 24.0 Å². The zero-order chi connectivity index (χ0) is 6.27. The Hall–Kier alpha value is -0.0400. The van der Waals surface area contributed by atoms with Crippen LogP contribution in [0.4, 0.5) is 0 Å². The van der Waals surface area contributed by atoms with Gasteiger partial charge >= 0.3 is 0 Å². The van der Waals surface area contributed by atoms with Crippen LogP contribution < -0.4 is 0 Å². The molecule has 2 fully saturated rings. The van der Waals surface area contributed by atoms with Crippen LogP contribution in [0.15, 0.2) is 0 Å². The first-order valence-corrected chi connectivity index (χ1v) is 3.61. The number of nitrogens with zero attached hydrogens (tertiary/aromatic N) is 1. The molecule has 0 aromatic carbocycles. The SMILES string of the molecule is CN1[C@@H]2[CH][CH][CH][C@H]1CC2. The van der Waals surface area contributed by atoms with E-state index in [2.05, 4.69) is 31.2 Å². The molecule has 0 N–H and O–H groups in total. The van der Waals surface area contributed by atoms with E-state index in [0.717, 1.165) is 12.1 Å². The van der Waals surface area contributed by atoms with Crippen molar-refractivity contribution in [3.63, 3.8) is 0 Å². The number of hydrogen-bond acceptors (Lipinski definition) is 1. The first-order chi connectivity index (χ1) is 4.38. The highest BCUT2D eigenvalue weighted by Gasteiger charge is 2.33. The minimum Gasteiger partial charge on any atom is -0.300 e. The first kappa shape index (κ1) is 5.72. The van der Waals surface area contributed by atoms with Gasteiger partial charge in [-0.25, -0.2) is 0 Å². The van der Waals surface area contributed by atoms with Gasteiger partial charge in [0.1, 0.15) is 0 Å². The molecule has 2 heterocycles. The van der Waals surface area contributed by atoms with Crippen molar-refractivity contribution in [1.82, 2.24) is 4.90 Å². The fraction of sp³-hybridized carbons (Fsp3) is 0.625. The second kappa shape index (κ2) is 1.98. The van der Waals surface area contributed by atoms with Crippen LogP contribution in [0, 0.1) is 19.3 Å². The van der Waals surface area contributed by atoms with Gasteiger partial charge in [-0.3, -0.25) is 4.90 Å². The maximum atomic E-state index is 2.44. The van der Waals surface area contributed by atoms with Crippen molar-refractivity contribution in [3.8, 4) is 0 Å². The molecule has 1 nitrogen and oxygen atoms in total. The molecule has 2 atom stereocenters. The summed E-state index contributed by atoms with van der Waals surface area (Å²) in [5, 5.41) is 0. The highest BCUT2D eigenvalue weighted by molar-refractivity contribution is 5.17. The third-order valence-corrected chi connectivity index (χ3v) is 2.47. The summed E-state index contributed by atoms with van der Waals surface area (Å²) in [5.74, 6) is 0. The average molecular weight is 122 g/mol. The number of hydrogen-bond donors (Lipinski definition) is 0. The van der Waals surface area contributed by atoms with E-state index in [1.54, 1.807) is 0 Å². The summed E-state index contributed by atoms with van der Waals surface area (Å²) < 4.78 is 0. The van der Waals surface area contributed by atoms with Crippen molar-refractivity contribution in [1.29, 1.82) is 0 Å². The van der Waals surface area contributed by atoms with E-state index in [0.29, 0.717) is 0 Å². The topological polar surface area (TPSA) is 3.24 Å². The average Bonchev–Trinajstić information content (AvgIpc) is 2.19. The monoisotopic (exact) mass is 122 g/mol. The number of rotatable bonds is 0. The lowest BCUT2D eigenvalue weighted by Crippen LogP contribution is -2.36. The van der Waals surface area contributed by atoms with E-state index >= 15 is 0 Å². The fourth-order valence-electron chi connectivity index (χ4n) is 1.78. The Morgan fingerprint density at radius 2 is 1.78 bits per heavy atom. The van der Waals surface area contributed by atoms with Crippen LogP contribution in [0.1, 0.15) is 12.8 Å². The van der Waals surface area contributed by atoms with Crippen molar-refractivity contribution < 1.29 is 0 Å². The van der Waals surface area contributed by atoms with Gasteiger partial charge in [0.2, 0.25) is 0 Å². The molecule has 9 heavy (non-hydrogen) atoms. The molecule has 2 bridgehead atoms. The minimum absolute atomic E-state index is 0.750. The van der Waals surface area contributed by atoms with Gasteiger partial charge in [0.25, 0.3) is 0 Å². The van der Waals surface area contributed by atoms with Gasteiger partial charge in [0.15, 0.2) is 0 Å². The highest BCUT2D eigenvalue weighted by atomic mass is 15.2. The third-order valence-electron chi connectivity index (χ3n) is 2.47. The maximum Gasteiger partial charge on any atom is 0.0130 e. The first-order valence-electron chi connectivity index (χ1n) is 3.61. The summed E-state index contributed by atoms with van der Waals surface area (Å²) in [6.07, 6.45) is 9.51. The molecular weight excluding hydrogens is 110 g/mol. The molecule has 2 rings (SSSR count). The van der Waals surface area contributed by atoms with Gasteiger partial charge in [-0.1, -0.05) is 0 Å². The largest absolute Gasteiger partial charge is 0.300 e. The van der Waals surface area contributed by atoms with Crippen molar-refractivity contribution in [2.45, 2.75) is 24.9 Å². The van der Waals surface area contributed by atoms with E-state index in [-0.39, 0.29) is 0 Å². The van der Waals surface area contributed by atoms with Gasteiger partial charge in [-0.2, -0.15) is 0 Å². The number of fused-ring (bicyclic) bond motifs is 2. The quantitative estimate of drug-likeness (QED) is 0.464. The van der Waals surface area contributed by atoms with E-state index < -0.39 is 0 Å². The lowest BCUT2D eigenvalue weighted by atomic mass is 10.0. The van der Waals surface area contributed by atoms with Crippen LogP contribution in [0.2, 0.25) is 0 Å². The Balaban J connectivity index is 2.10. The molecule has 1 heteroatoms. The van der Waals surface area contributed by atoms with E-state index in [1.807, 2.05) is 0 Å². The smallest absolute Gasteiger partial charge is 0.0130 e. The molecule has 0 amide bonds. The molecular formula is C8H12N. The Kier molecular flexibility index (Phi) is 1.26. The van der Waals surface area contributed by atoms with Gasteiger partial charge in [-0.15, -0.1) is 0 Å². The summed E-state index contributed by atoms with van der Waals surface area (Å²) in [4.78, 5) is 2.44. The van der Waals surface area contributed by atoms with Crippen molar-refractivity contribution in [2.24, 2.45) is 0 Å². The molecule has 2 saturated heterocycles. The Labute approximate surface area is 57.0 Å². The maximum absolute atomic E-state index is 2.44. The zero-order valence-electron chi connectivity index (χ0n) is 5.75. The Morgan fingerprint density at radius 1 is 1.22 bits per heavy atom. The second-order valence-corrected chi connectivity index (χ2v) is 2.95. The standard InChI is InChI=1S/C8H12N/c1-9-7-3-2-4-8(9)6-5-7/h2-4,7-8H,5-6H2,1H3/t7-,8+. The van der Waals surface area contributed by atoms with Crippen molar-refractivity contribution >= 4 is 0 Å². The molecule has 49 valence electrons. The molecule has 0 unspecified atom stereocenters. The van der Waals surface area contributed by atoms with Crippen LogP contribution in [0.5, 0.6) is 0 Å². The normalized spacial score (nSPS) is 43.7. The van der Waals surface area contributed by atoms with Gasteiger partial charge in [0.05, 0.1) is 0 Å². The number of piperidine rings is 1. The summed E-state index contributed by atoms with van der Waals surface area (Å²) in [6.45, 7) is 0. The molecule has 0 spiro atoms. The van der Waals surface area contributed by atoms with Crippen LogP contribution in [0.25, 0.3) is 0 Å². The minimum atomic E-state index is 0.750. The van der Waals surface area contributed by atoms with Crippen LogP contribution >= 0.6 is 0 Å². The van der Waals surface area contributed by atoms with E-state index in [1.165, 1.54) is 12.8 Å². The summed E-state index contributed by atoms with van der Waals surface area (Å²) >= 11 is 0. The predicted octanol–water partition coefficient (Wildman–Crippen LogP) is 1.08.